The van der Waals surface area contributed by atoms with Crippen LogP contribution in [-0.4, -0.2) is 74.3 Å². The fraction of sp³-hybridized carbons (Fsp3) is 0.476. The Morgan fingerprint density at radius 3 is 2.62 bits per heavy atom. The highest BCUT2D eigenvalue weighted by Gasteiger charge is 2.18. The minimum absolute atomic E-state index is 0.709. The second-order valence-electron chi connectivity index (χ2n) is 6.94. The number of benzene rings is 1. The lowest BCUT2D eigenvalue weighted by molar-refractivity contribution is 0.254. The molecule has 29 heavy (non-hydrogen) atoms. The molecule has 1 aromatic carbocycles. The summed E-state index contributed by atoms with van der Waals surface area (Å²) in [7, 11) is 3.48. The number of anilines is 1. The van der Waals surface area contributed by atoms with Crippen molar-refractivity contribution in [2.24, 2.45) is 4.99 Å². The number of hydrogen-bond donors (Lipinski definition) is 2. The van der Waals surface area contributed by atoms with Crippen LogP contribution in [0.3, 0.4) is 0 Å². The molecule has 0 atom stereocenters. The van der Waals surface area contributed by atoms with E-state index in [0.717, 1.165) is 68.9 Å². The number of aromatic nitrogens is 2. The van der Waals surface area contributed by atoms with E-state index in [1.807, 2.05) is 24.3 Å². The van der Waals surface area contributed by atoms with Crippen LogP contribution >= 0.6 is 0 Å². The maximum absolute atomic E-state index is 5.27. The quantitative estimate of drug-likeness (QED) is 0.396. The molecular formula is C21H31N7O. The van der Waals surface area contributed by atoms with Gasteiger partial charge in [-0.2, -0.15) is 0 Å². The predicted octanol–water partition coefficient (Wildman–Crippen LogP) is 1.36. The van der Waals surface area contributed by atoms with E-state index in [2.05, 4.69) is 41.5 Å². The van der Waals surface area contributed by atoms with E-state index in [9.17, 15) is 0 Å². The van der Waals surface area contributed by atoms with Crippen molar-refractivity contribution < 1.29 is 4.74 Å². The molecule has 0 amide bonds. The second-order valence-corrected chi connectivity index (χ2v) is 6.94. The molecule has 1 aliphatic rings. The molecule has 156 valence electrons. The number of piperazine rings is 1. The summed E-state index contributed by atoms with van der Waals surface area (Å²) in [5.74, 6) is 2.52. The normalized spacial score (nSPS) is 15.2. The molecule has 1 fully saturated rings. The van der Waals surface area contributed by atoms with Gasteiger partial charge in [-0.3, -0.25) is 9.89 Å². The Balaban J connectivity index is 1.31. The van der Waals surface area contributed by atoms with Crippen molar-refractivity contribution in [3.05, 3.63) is 48.3 Å². The van der Waals surface area contributed by atoms with Gasteiger partial charge in [0.05, 0.1) is 7.11 Å². The van der Waals surface area contributed by atoms with Gasteiger partial charge in [0.1, 0.15) is 5.75 Å². The zero-order chi connectivity index (χ0) is 20.3. The largest absolute Gasteiger partial charge is 0.497 e. The van der Waals surface area contributed by atoms with Crippen LogP contribution in [0.15, 0.2) is 47.7 Å². The molecule has 8 heteroatoms. The van der Waals surface area contributed by atoms with Gasteiger partial charge in [-0.15, -0.1) is 0 Å². The monoisotopic (exact) mass is 397 g/mol. The first-order valence-corrected chi connectivity index (χ1v) is 10.1. The molecule has 1 aliphatic heterocycles. The van der Waals surface area contributed by atoms with Crippen LogP contribution in [0.1, 0.15) is 12.0 Å². The average molecular weight is 398 g/mol. The SMILES string of the molecule is CN=C(NCCCN1CCN(c2ncccn2)CC1)NCc1cccc(OC)c1. The molecular weight excluding hydrogens is 366 g/mol. The lowest BCUT2D eigenvalue weighted by atomic mass is 10.2. The Kier molecular flexibility index (Phi) is 8.06. The molecule has 0 bridgehead atoms. The topological polar surface area (TPSA) is 77.9 Å². The van der Waals surface area contributed by atoms with Crippen LogP contribution in [0, 0.1) is 0 Å². The van der Waals surface area contributed by atoms with Crippen molar-refractivity contribution >= 4 is 11.9 Å². The molecule has 0 unspecified atom stereocenters. The number of methoxy groups -OCH3 is 1. The summed E-state index contributed by atoms with van der Waals surface area (Å²) in [6.45, 7) is 6.70. The Hall–Kier alpha value is -2.87. The summed E-state index contributed by atoms with van der Waals surface area (Å²) < 4.78 is 5.27. The van der Waals surface area contributed by atoms with E-state index in [-0.39, 0.29) is 0 Å². The molecule has 1 aromatic heterocycles. The van der Waals surface area contributed by atoms with Gasteiger partial charge in [0, 0.05) is 58.7 Å². The zero-order valence-corrected chi connectivity index (χ0v) is 17.3. The average Bonchev–Trinajstić information content (AvgIpc) is 2.79. The van der Waals surface area contributed by atoms with Gasteiger partial charge in [-0.05, 0) is 36.7 Å². The summed E-state index contributed by atoms with van der Waals surface area (Å²) >= 11 is 0. The van der Waals surface area contributed by atoms with Crippen LogP contribution in [0.4, 0.5) is 5.95 Å². The highest BCUT2D eigenvalue weighted by atomic mass is 16.5. The fourth-order valence-electron chi connectivity index (χ4n) is 3.32. The van der Waals surface area contributed by atoms with Gasteiger partial charge < -0.3 is 20.3 Å². The number of rotatable bonds is 8. The van der Waals surface area contributed by atoms with Gasteiger partial charge in [0.15, 0.2) is 5.96 Å². The summed E-state index contributed by atoms with van der Waals surface area (Å²) in [6.07, 6.45) is 4.67. The van der Waals surface area contributed by atoms with Crippen molar-refractivity contribution in [2.45, 2.75) is 13.0 Å². The molecule has 0 radical (unpaired) electrons. The van der Waals surface area contributed by atoms with Crippen LogP contribution < -0.4 is 20.3 Å². The molecule has 2 heterocycles. The van der Waals surface area contributed by atoms with E-state index >= 15 is 0 Å². The van der Waals surface area contributed by atoms with Gasteiger partial charge in [0.2, 0.25) is 5.95 Å². The second kappa shape index (κ2) is 11.2. The Morgan fingerprint density at radius 2 is 1.90 bits per heavy atom. The standard InChI is InChI=1S/C21H31N7O/c1-22-20(26-17-18-6-3-7-19(16-18)29-2)23-10-5-11-27-12-14-28(15-13-27)21-24-8-4-9-25-21/h3-4,6-9,16H,5,10-15,17H2,1-2H3,(H2,22,23,26). The summed E-state index contributed by atoms with van der Waals surface area (Å²) in [5, 5.41) is 6.74. The third-order valence-electron chi connectivity index (χ3n) is 4.97. The molecule has 0 saturated carbocycles. The molecule has 0 spiro atoms. The van der Waals surface area contributed by atoms with Crippen molar-refractivity contribution in [1.29, 1.82) is 0 Å². The smallest absolute Gasteiger partial charge is 0.225 e. The highest BCUT2D eigenvalue weighted by molar-refractivity contribution is 5.79. The molecule has 0 aliphatic carbocycles. The highest BCUT2D eigenvalue weighted by Crippen LogP contribution is 2.12. The van der Waals surface area contributed by atoms with Crippen molar-refractivity contribution in [2.75, 3.05) is 58.3 Å². The minimum Gasteiger partial charge on any atom is -0.497 e. The predicted molar refractivity (Wildman–Crippen MR) is 116 cm³/mol. The van der Waals surface area contributed by atoms with Crippen LogP contribution in [0.2, 0.25) is 0 Å². The number of hydrogen-bond acceptors (Lipinski definition) is 6. The number of nitrogens with one attached hydrogen (secondary N) is 2. The summed E-state index contributed by atoms with van der Waals surface area (Å²) in [5.41, 5.74) is 1.16. The van der Waals surface area contributed by atoms with Gasteiger partial charge in [0.25, 0.3) is 0 Å². The number of guanidine groups is 1. The van der Waals surface area contributed by atoms with Gasteiger partial charge in [-0.1, -0.05) is 12.1 Å². The van der Waals surface area contributed by atoms with E-state index < -0.39 is 0 Å². The third-order valence-corrected chi connectivity index (χ3v) is 4.97. The molecule has 2 N–H and O–H groups in total. The fourth-order valence-corrected chi connectivity index (χ4v) is 3.32. The molecule has 1 saturated heterocycles. The first-order chi connectivity index (χ1) is 14.3. The van der Waals surface area contributed by atoms with E-state index in [1.54, 1.807) is 26.6 Å². The summed E-state index contributed by atoms with van der Waals surface area (Å²) in [4.78, 5) is 17.7. The van der Waals surface area contributed by atoms with Crippen LogP contribution in [0.5, 0.6) is 5.75 Å². The third kappa shape index (κ3) is 6.60. The lowest BCUT2D eigenvalue weighted by Gasteiger charge is -2.34. The molecule has 2 aromatic rings. The van der Waals surface area contributed by atoms with Crippen molar-refractivity contribution in [3.63, 3.8) is 0 Å². The Labute approximate surface area is 173 Å². The van der Waals surface area contributed by atoms with Crippen molar-refractivity contribution in [1.82, 2.24) is 25.5 Å². The Bertz CT molecular complexity index is 761. The first-order valence-electron chi connectivity index (χ1n) is 10.1. The lowest BCUT2D eigenvalue weighted by Crippen LogP contribution is -2.47. The minimum atomic E-state index is 0.709. The maximum atomic E-state index is 5.27. The summed E-state index contributed by atoms with van der Waals surface area (Å²) in [6, 6.07) is 9.90. The van der Waals surface area contributed by atoms with Crippen molar-refractivity contribution in [3.8, 4) is 5.75 Å². The van der Waals surface area contributed by atoms with Gasteiger partial charge in [-0.25, -0.2) is 9.97 Å². The van der Waals surface area contributed by atoms with E-state index in [1.165, 1.54) is 0 Å². The Morgan fingerprint density at radius 1 is 1.10 bits per heavy atom. The van der Waals surface area contributed by atoms with Gasteiger partial charge >= 0.3 is 0 Å². The number of nitrogens with zero attached hydrogens (tertiary/aromatic N) is 5. The molecule has 3 rings (SSSR count). The first kappa shape index (κ1) is 20.9. The van der Waals surface area contributed by atoms with Crippen LogP contribution in [-0.2, 0) is 6.54 Å². The van der Waals surface area contributed by atoms with Crippen LogP contribution in [0.25, 0.3) is 0 Å². The van der Waals surface area contributed by atoms with E-state index in [0.29, 0.717) is 6.54 Å². The number of ether oxygens (including phenoxy) is 1. The van der Waals surface area contributed by atoms with E-state index in [4.69, 9.17) is 4.74 Å². The maximum Gasteiger partial charge on any atom is 0.225 e. The molecule has 8 nitrogen and oxygen atoms in total. The zero-order valence-electron chi connectivity index (χ0n) is 17.3. The number of aliphatic imine (C=N–C) groups is 1.